The van der Waals surface area contributed by atoms with Gasteiger partial charge in [0.05, 0.1) is 0 Å². The van der Waals surface area contributed by atoms with Crippen LogP contribution in [0.25, 0.3) is 0 Å². The van der Waals surface area contributed by atoms with E-state index in [0.717, 1.165) is 11.1 Å². The van der Waals surface area contributed by atoms with Gasteiger partial charge in [-0.05, 0) is 11.6 Å². The molecule has 0 radical (unpaired) electrons. The van der Waals surface area contributed by atoms with Crippen LogP contribution in [0.1, 0.15) is 17.2 Å². The van der Waals surface area contributed by atoms with Gasteiger partial charge in [0, 0.05) is 11.3 Å². The number of carbonyl (C=O) groups is 1. The Morgan fingerprint density at radius 3 is 2.37 bits per heavy atom. The molecule has 0 aliphatic rings. The number of rotatable bonds is 4. The van der Waals surface area contributed by atoms with E-state index in [1.165, 1.54) is 0 Å². The van der Waals surface area contributed by atoms with Gasteiger partial charge in [0.1, 0.15) is 12.6 Å². The number of esters is 1. The van der Waals surface area contributed by atoms with Gasteiger partial charge >= 0.3 is 5.97 Å². The second-order valence-electron chi connectivity index (χ2n) is 4.19. The lowest BCUT2D eigenvalue weighted by Gasteiger charge is -2.12. The molecule has 2 rings (SSSR count). The fourth-order valence-electron chi connectivity index (χ4n) is 1.70. The van der Waals surface area contributed by atoms with Crippen LogP contribution < -0.4 is 11.5 Å². The summed E-state index contributed by atoms with van der Waals surface area (Å²) in [7, 11) is 0. The van der Waals surface area contributed by atoms with E-state index in [9.17, 15) is 4.79 Å². The van der Waals surface area contributed by atoms with Crippen molar-refractivity contribution in [3.63, 3.8) is 0 Å². The Morgan fingerprint density at radius 1 is 1.05 bits per heavy atom. The molecule has 0 spiro atoms. The highest BCUT2D eigenvalue weighted by Crippen LogP contribution is 2.15. The summed E-state index contributed by atoms with van der Waals surface area (Å²) in [5.41, 5.74) is 13.7. The number of benzene rings is 2. The Labute approximate surface area is 112 Å². The van der Waals surface area contributed by atoms with Crippen LogP contribution in [0.5, 0.6) is 0 Å². The predicted molar refractivity (Wildman–Crippen MR) is 74.0 cm³/mol. The van der Waals surface area contributed by atoms with Gasteiger partial charge in [0.2, 0.25) is 0 Å². The SMILES string of the molecule is Nc1ccccc1COC(=O)[C@@H](N)c1ccccc1. The summed E-state index contributed by atoms with van der Waals surface area (Å²) < 4.78 is 5.18. The molecule has 4 nitrogen and oxygen atoms in total. The standard InChI is InChI=1S/C15H16N2O2/c16-13-9-5-4-8-12(13)10-19-15(18)14(17)11-6-2-1-3-7-11/h1-9,14H,10,16-17H2/t14-/m0/s1. The third-order valence-electron chi connectivity index (χ3n) is 2.84. The fraction of sp³-hybridized carbons (Fsp3) is 0.133. The van der Waals surface area contributed by atoms with Crippen molar-refractivity contribution in [2.45, 2.75) is 12.6 Å². The Balaban J connectivity index is 1.97. The number of ether oxygens (including phenoxy) is 1. The molecule has 0 amide bonds. The number of hydrogen-bond acceptors (Lipinski definition) is 4. The zero-order chi connectivity index (χ0) is 13.7. The second-order valence-corrected chi connectivity index (χ2v) is 4.19. The largest absolute Gasteiger partial charge is 0.459 e. The van der Waals surface area contributed by atoms with E-state index in [0.29, 0.717) is 5.69 Å². The molecule has 4 heteroatoms. The molecule has 0 bridgehead atoms. The summed E-state index contributed by atoms with van der Waals surface area (Å²) >= 11 is 0. The molecule has 4 N–H and O–H groups in total. The van der Waals surface area contributed by atoms with E-state index >= 15 is 0 Å². The van der Waals surface area contributed by atoms with Crippen LogP contribution in [0.15, 0.2) is 54.6 Å². The molecule has 0 aromatic heterocycles. The molecule has 98 valence electrons. The Kier molecular flexibility index (Phi) is 4.15. The Bertz CT molecular complexity index is 555. The highest BCUT2D eigenvalue weighted by atomic mass is 16.5. The lowest BCUT2D eigenvalue weighted by Crippen LogP contribution is -2.23. The molecule has 0 aliphatic heterocycles. The van der Waals surface area contributed by atoms with E-state index < -0.39 is 12.0 Å². The molecule has 0 fully saturated rings. The maximum Gasteiger partial charge on any atom is 0.327 e. The minimum atomic E-state index is -0.772. The van der Waals surface area contributed by atoms with E-state index in [2.05, 4.69) is 0 Å². The van der Waals surface area contributed by atoms with Crippen LogP contribution in [-0.4, -0.2) is 5.97 Å². The summed E-state index contributed by atoms with van der Waals surface area (Å²) in [6.07, 6.45) is 0. The van der Waals surface area contributed by atoms with Gasteiger partial charge in [-0.15, -0.1) is 0 Å². The third-order valence-corrected chi connectivity index (χ3v) is 2.84. The highest BCUT2D eigenvalue weighted by molar-refractivity contribution is 5.77. The quantitative estimate of drug-likeness (QED) is 0.648. The molecule has 0 saturated heterocycles. The van der Waals surface area contributed by atoms with Crippen LogP contribution in [0.2, 0.25) is 0 Å². The third kappa shape index (κ3) is 3.33. The van der Waals surface area contributed by atoms with Crippen molar-refractivity contribution in [3.8, 4) is 0 Å². The maximum atomic E-state index is 11.8. The molecule has 0 saturated carbocycles. The van der Waals surface area contributed by atoms with Crippen molar-refractivity contribution in [2.75, 3.05) is 5.73 Å². The average Bonchev–Trinajstić information content (AvgIpc) is 2.46. The summed E-state index contributed by atoms with van der Waals surface area (Å²) in [5, 5.41) is 0. The number of nitrogen functional groups attached to an aromatic ring is 1. The average molecular weight is 256 g/mol. The first-order valence-corrected chi connectivity index (χ1v) is 5.99. The minimum Gasteiger partial charge on any atom is -0.459 e. The van der Waals surface area contributed by atoms with Crippen LogP contribution in [0.3, 0.4) is 0 Å². The van der Waals surface area contributed by atoms with Gasteiger partial charge < -0.3 is 16.2 Å². The van der Waals surface area contributed by atoms with Crippen molar-refractivity contribution >= 4 is 11.7 Å². The topological polar surface area (TPSA) is 78.3 Å². The van der Waals surface area contributed by atoms with Gasteiger partial charge in [-0.1, -0.05) is 48.5 Å². The van der Waals surface area contributed by atoms with Crippen LogP contribution in [-0.2, 0) is 16.1 Å². The van der Waals surface area contributed by atoms with Gasteiger partial charge in [0.15, 0.2) is 0 Å². The lowest BCUT2D eigenvalue weighted by molar-refractivity contribution is -0.146. The smallest absolute Gasteiger partial charge is 0.327 e. The molecule has 0 unspecified atom stereocenters. The molecule has 1 atom stereocenters. The predicted octanol–water partition coefficient (Wildman–Crippen LogP) is 2.01. The van der Waals surface area contributed by atoms with E-state index in [4.69, 9.17) is 16.2 Å². The number of carbonyl (C=O) groups excluding carboxylic acids is 1. The van der Waals surface area contributed by atoms with Gasteiger partial charge in [-0.2, -0.15) is 0 Å². The Morgan fingerprint density at radius 2 is 1.68 bits per heavy atom. The number of para-hydroxylation sites is 1. The van der Waals surface area contributed by atoms with Gasteiger partial charge in [-0.25, -0.2) is 4.79 Å². The van der Waals surface area contributed by atoms with Gasteiger partial charge in [0.25, 0.3) is 0 Å². The van der Waals surface area contributed by atoms with Crippen LogP contribution >= 0.6 is 0 Å². The molecular weight excluding hydrogens is 240 g/mol. The van der Waals surface area contributed by atoms with Crippen molar-refractivity contribution in [2.24, 2.45) is 5.73 Å². The zero-order valence-corrected chi connectivity index (χ0v) is 10.5. The van der Waals surface area contributed by atoms with E-state index in [1.54, 1.807) is 18.2 Å². The first-order valence-electron chi connectivity index (χ1n) is 5.99. The van der Waals surface area contributed by atoms with Crippen molar-refractivity contribution < 1.29 is 9.53 Å². The first kappa shape index (κ1) is 13.1. The normalized spacial score (nSPS) is 11.8. The van der Waals surface area contributed by atoms with E-state index in [1.807, 2.05) is 36.4 Å². The van der Waals surface area contributed by atoms with Crippen molar-refractivity contribution in [1.29, 1.82) is 0 Å². The van der Waals surface area contributed by atoms with Crippen LogP contribution in [0.4, 0.5) is 5.69 Å². The first-order chi connectivity index (χ1) is 9.18. The number of nitrogens with two attached hydrogens (primary N) is 2. The molecule has 0 aliphatic carbocycles. The highest BCUT2D eigenvalue weighted by Gasteiger charge is 2.17. The van der Waals surface area contributed by atoms with Crippen molar-refractivity contribution in [3.05, 3.63) is 65.7 Å². The maximum absolute atomic E-state index is 11.8. The minimum absolute atomic E-state index is 0.131. The van der Waals surface area contributed by atoms with Gasteiger partial charge in [-0.3, -0.25) is 0 Å². The summed E-state index contributed by atoms with van der Waals surface area (Å²) in [5.74, 6) is -0.463. The number of hydrogen-bond donors (Lipinski definition) is 2. The molecule has 2 aromatic rings. The Hall–Kier alpha value is -2.33. The number of anilines is 1. The molecule has 19 heavy (non-hydrogen) atoms. The fourth-order valence-corrected chi connectivity index (χ4v) is 1.70. The summed E-state index contributed by atoms with van der Waals surface area (Å²) in [4.78, 5) is 11.8. The molecule has 0 heterocycles. The van der Waals surface area contributed by atoms with Crippen LogP contribution in [0, 0.1) is 0 Å². The molecule has 2 aromatic carbocycles. The summed E-state index contributed by atoms with van der Waals surface area (Å²) in [6, 6.07) is 15.6. The lowest BCUT2D eigenvalue weighted by atomic mass is 10.1. The summed E-state index contributed by atoms with van der Waals surface area (Å²) in [6.45, 7) is 0.131. The van der Waals surface area contributed by atoms with E-state index in [-0.39, 0.29) is 6.61 Å². The van der Waals surface area contributed by atoms with Crippen molar-refractivity contribution in [1.82, 2.24) is 0 Å². The molecular formula is C15H16N2O2. The second kappa shape index (κ2) is 6.02. The zero-order valence-electron chi connectivity index (χ0n) is 10.5. The monoisotopic (exact) mass is 256 g/mol.